The first kappa shape index (κ1) is 14.2. The minimum atomic E-state index is -0.976. The second-order valence-electron chi connectivity index (χ2n) is 4.48. The summed E-state index contributed by atoms with van der Waals surface area (Å²) in [6.07, 6.45) is 1.67. The van der Waals surface area contributed by atoms with E-state index in [1.807, 2.05) is 31.4 Å². The normalized spacial score (nSPS) is 14.6. The van der Waals surface area contributed by atoms with E-state index >= 15 is 0 Å². The Bertz CT molecular complexity index is 342. The fourth-order valence-corrected chi connectivity index (χ4v) is 2.52. The van der Waals surface area contributed by atoms with Crippen molar-refractivity contribution in [1.29, 1.82) is 0 Å². The molecule has 17 heavy (non-hydrogen) atoms. The number of hydrogen-bond donors (Lipinski definition) is 2. The third-order valence-electron chi connectivity index (χ3n) is 3.02. The highest BCUT2D eigenvalue weighted by Crippen LogP contribution is 2.24. The Hall–Kier alpha value is -0.870. The molecule has 4 heteroatoms. The molecule has 1 rings (SSSR count). The zero-order chi connectivity index (χ0) is 12.9. The molecule has 0 fully saturated rings. The quantitative estimate of drug-likeness (QED) is 0.820. The van der Waals surface area contributed by atoms with Crippen LogP contribution in [-0.2, 0) is 10.4 Å². The van der Waals surface area contributed by atoms with Gasteiger partial charge in [0.05, 0.1) is 6.54 Å². The molecule has 1 amide bonds. The van der Waals surface area contributed by atoms with Gasteiger partial charge < -0.3 is 10.4 Å². The molecule has 0 bridgehead atoms. The SMILES string of the molecule is CCC(CC)C(=O)NC[C@@](C)(O)c1cccs1. The van der Waals surface area contributed by atoms with E-state index in [1.165, 1.54) is 11.3 Å². The molecule has 0 radical (unpaired) electrons. The molecule has 0 spiro atoms. The van der Waals surface area contributed by atoms with E-state index in [0.717, 1.165) is 17.7 Å². The predicted octanol–water partition coefficient (Wildman–Crippen LogP) is 2.51. The molecular weight excluding hydrogens is 234 g/mol. The standard InChI is InChI=1S/C13H21NO2S/c1-4-10(5-2)12(15)14-9-13(3,16)11-7-6-8-17-11/h6-8,10,16H,4-5,9H2,1-3H3,(H,14,15)/t13-/m1/s1. The van der Waals surface area contributed by atoms with Crippen LogP contribution >= 0.6 is 11.3 Å². The summed E-state index contributed by atoms with van der Waals surface area (Å²) >= 11 is 1.50. The first-order valence-electron chi connectivity index (χ1n) is 6.05. The van der Waals surface area contributed by atoms with Gasteiger partial charge in [0.25, 0.3) is 0 Å². The summed E-state index contributed by atoms with van der Waals surface area (Å²) in [5.41, 5.74) is -0.976. The van der Waals surface area contributed by atoms with Crippen molar-refractivity contribution in [2.24, 2.45) is 5.92 Å². The Balaban J connectivity index is 2.53. The lowest BCUT2D eigenvalue weighted by molar-refractivity contribution is -0.126. The topological polar surface area (TPSA) is 49.3 Å². The zero-order valence-corrected chi connectivity index (χ0v) is 11.5. The first-order chi connectivity index (χ1) is 8.01. The fraction of sp³-hybridized carbons (Fsp3) is 0.615. The molecule has 0 aromatic carbocycles. The van der Waals surface area contributed by atoms with Crippen molar-refractivity contribution < 1.29 is 9.90 Å². The Labute approximate surface area is 107 Å². The molecule has 0 saturated heterocycles. The number of rotatable bonds is 6. The number of hydrogen-bond acceptors (Lipinski definition) is 3. The van der Waals surface area contributed by atoms with Gasteiger partial charge in [0, 0.05) is 10.8 Å². The van der Waals surface area contributed by atoms with Gasteiger partial charge in [-0.15, -0.1) is 11.3 Å². The predicted molar refractivity (Wildman–Crippen MR) is 71.0 cm³/mol. The summed E-state index contributed by atoms with van der Waals surface area (Å²) in [4.78, 5) is 12.7. The largest absolute Gasteiger partial charge is 0.383 e. The molecule has 0 saturated carbocycles. The van der Waals surface area contributed by atoms with Crippen molar-refractivity contribution >= 4 is 17.2 Å². The second-order valence-corrected chi connectivity index (χ2v) is 5.43. The van der Waals surface area contributed by atoms with Gasteiger partial charge in [-0.3, -0.25) is 4.79 Å². The number of nitrogens with one attached hydrogen (secondary N) is 1. The maximum absolute atomic E-state index is 11.8. The van der Waals surface area contributed by atoms with E-state index < -0.39 is 5.60 Å². The van der Waals surface area contributed by atoms with Gasteiger partial charge >= 0.3 is 0 Å². The van der Waals surface area contributed by atoms with Crippen molar-refractivity contribution in [3.05, 3.63) is 22.4 Å². The van der Waals surface area contributed by atoms with Crippen molar-refractivity contribution in [2.45, 2.75) is 39.2 Å². The summed E-state index contributed by atoms with van der Waals surface area (Å²) in [7, 11) is 0. The van der Waals surface area contributed by atoms with Gasteiger partial charge in [0.1, 0.15) is 5.60 Å². The van der Waals surface area contributed by atoms with Gasteiger partial charge in [-0.1, -0.05) is 19.9 Å². The molecule has 0 aliphatic rings. The van der Waals surface area contributed by atoms with Gasteiger partial charge in [0.15, 0.2) is 0 Å². The number of carbonyl (C=O) groups is 1. The molecule has 0 unspecified atom stereocenters. The highest BCUT2D eigenvalue weighted by Gasteiger charge is 2.25. The third-order valence-corrected chi connectivity index (χ3v) is 4.14. The molecule has 96 valence electrons. The van der Waals surface area contributed by atoms with Crippen LogP contribution in [0.2, 0.25) is 0 Å². The van der Waals surface area contributed by atoms with Gasteiger partial charge in [0.2, 0.25) is 5.91 Å². The molecule has 3 nitrogen and oxygen atoms in total. The average molecular weight is 255 g/mol. The molecule has 1 heterocycles. The maximum Gasteiger partial charge on any atom is 0.223 e. The van der Waals surface area contributed by atoms with Gasteiger partial charge in [-0.25, -0.2) is 0 Å². The Kier molecular flexibility index (Phi) is 5.15. The van der Waals surface area contributed by atoms with Crippen LogP contribution in [0, 0.1) is 5.92 Å². The Morgan fingerprint density at radius 1 is 1.53 bits per heavy atom. The first-order valence-corrected chi connectivity index (χ1v) is 6.93. The van der Waals surface area contributed by atoms with Crippen molar-refractivity contribution in [3.63, 3.8) is 0 Å². The van der Waals surface area contributed by atoms with E-state index in [9.17, 15) is 9.90 Å². The number of thiophene rings is 1. The summed E-state index contributed by atoms with van der Waals surface area (Å²) in [6, 6.07) is 3.78. The number of aliphatic hydroxyl groups is 1. The Morgan fingerprint density at radius 2 is 2.18 bits per heavy atom. The lowest BCUT2D eigenvalue weighted by atomic mass is 10.0. The van der Waals surface area contributed by atoms with Crippen LogP contribution in [0.1, 0.15) is 38.5 Å². The fourth-order valence-electron chi connectivity index (χ4n) is 1.74. The van der Waals surface area contributed by atoms with Crippen LogP contribution in [-0.4, -0.2) is 17.6 Å². The van der Waals surface area contributed by atoms with Crippen LogP contribution in [0.15, 0.2) is 17.5 Å². The van der Waals surface area contributed by atoms with Crippen LogP contribution in [0.4, 0.5) is 0 Å². The van der Waals surface area contributed by atoms with Crippen molar-refractivity contribution in [3.8, 4) is 0 Å². The summed E-state index contributed by atoms with van der Waals surface area (Å²) in [6.45, 7) is 6.01. The minimum absolute atomic E-state index is 0.0341. The third kappa shape index (κ3) is 3.82. The zero-order valence-electron chi connectivity index (χ0n) is 10.7. The van der Waals surface area contributed by atoms with Crippen LogP contribution in [0.3, 0.4) is 0 Å². The summed E-state index contributed by atoms with van der Waals surface area (Å²) in [5, 5.41) is 15.0. The second kappa shape index (κ2) is 6.17. The van der Waals surface area contributed by atoms with E-state index in [1.54, 1.807) is 6.92 Å². The highest BCUT2D eigenvalue weighted by atomic mass is 32.1. The maximum atomic E-state index is 11.8. The van der Waals surface area contributed by atoms with E-state index in [0.29, 0.717) is 0 Å². The Morgan fingerprint density at radius 3 is 2.65 bits per heavy atom. The van der Waals surface area contributed by atoms with E-state index in [-0.39, 0.29) is 18.4 Å². The monoisotopic (exact) mass is 255 g/mol. The molecular formula is C13H21NO2S. The van der Waals surface area contributed by atoms with E-state index in [2.05, 4.69) is 5.32 Å². The lowest BCUT2D eigenvalue weighted by Gasteiger charge is -2.23. The lowest BCUT2D eigenvalue weighted by Crippen LogP contribution is -2.40. The molecule has 2 N–H and O–H groups in total. The highest BCUT2D eigenvalue weighted by molar-refractivity contribution is 7.10. The van der Waals surface area contributed by atoms with Crippen molar-refractivity contribution in [2.75, 3.05) is 6.54 Å². The molecule has 0 aliphatic carbocycles. The summed E-state index contributed by atoms with van der Waals surface area (Å²) in [5.74, 6) is 0.0842. The minimum Gasteiger partial charge on any atom is -0.383 e. The molecule has 0 aliphatic heterocycles. The number of amides is 1. The molecule has 1 aromatic heterocycles. The van der Waals surface area contributed by atoms with Crippen LogP contribution < -0.4 is 5.32 Å². The molecule has 1 aromatic rings. The number of carbonyl (C=O) groups excluding carboxylic acids is 1. The van der Waals surface area contributed by atoms with Gasteiger partial charge in [-0.2, -0.15) is 0 Å². The average Bonchev–Trinajstić information content (AvgIpc) is 2.82. The van der Waals surface area contributed by atoms with Crippen LogP contribution in [0.25, 0.3) is 0 Å². The van der Waals surface area contributed by atoms with Crippen molar-refractivity contribution in [1.82, 2.24) is 5.32 Å². The van der Waals surface area contributed by atoms with Crippen LogP contribution in [0.5, 0.6) is 0 Å². The van der Waals surface area contributed by atoms with Gasteiger partial charge in [-0.05, 0) is 31.2 Å². The summed E-state index contributed by atoms with van der Waals surface area (Å²) < 4.78 is 0. The van der Waals surface area contributed by atoms with E-state index in [4.69, 9.17) is 0 Å². The molecule has 1 atom stereocenters. The smallest absolute Gasteiger partial charge is 0.223 e.